The maximum Gasteiger partial charge on any atom is 0.0574 e. The van der Waals surface area contributed by atoms with Gasteiger partial charge in [-0.15, -0.1) is 0 Å². The van der Waals surface area contributed by atoms with Crippen LogP contribution in [0.3, 0.4) is 0 Å². The SMILES string of the molecule is CCC(CC)C(O)CC1Cc2ccccc21. The Morgan fingerprint density at radius 3 is 2.56 bits per heavy atom. The van der Waals surface area contributed by atoms with Crippen molar-refractivity contribution in [2.24, 2.45) is 5.92 Å². The predicted octanol–water partition coefficient (Wildman–Crippen LogP) is 3.51. The average Bonchev–Trinajstić information content (AvgIpc) is 2.27. The Morgan fingerprint density at radius 2 is 1.94 bits per heavy atom. The van der Waals surface area contributed by atoms with Crippen LogP contribution in [0.4, 0.5) is 0 Å². The molecule has 0 fully saturated rings. The summed E-state index contributed by atoms with van der Waals surface area (Å²) in [6.07, 6.45) is 4.17. The lowest BCUT2D eigenvalue weighted by molar-refractivity contribution is 0.0844. The summed E-state index contributed by atoms with van der Waals surface area (Å²) >= 11 is 0. The van der Waals surface area contributed by atoms with Crippen LogP contribution < -0.4 is 0 Å². The molecule has 88 valence electrons. The second kappa shape index (κ2) is 5.01. The van der Waals surface area contributed by atoms with E-state index in [1.807, 2.05) is 0 Å². The second-order valence-corrected chi connectivity index (χ2v) is 4.98. The quantitative estimate of drug-likeness (QED) is 0.801. The molecule has 0 radical (unpaired) electrons. The molecule has 0 saturated heterocycles. The van der Waals surface area contributed by atoms with Gasteiger partial charge in [0.15, 0.2) is 0 Å². The van der Waals surface area contributed by atoms with Crippen molar-refractivity contribution in [1.82, 2.24) is 0 Å². The topological polar surface area (TPSA) is 20.2 Å². The highest BCUT2D eigenvalue weighted by molar-refractivity contribution is 5.39. The fraction of sp³-hybridized carbons (Fsp3) is 0.600. The Balaban J connectivity index is 1.93. The normalized spacial score (nSPS) is 20.4. The molecular formula is C15H22O. The molecule has 0 spiro atoms. The van der Waals surface area contributed by atoms with Crippen molar-refractivity contribution in [3.63, 3.8) is 0 Å². The first kappa shape index (κ1) is 11.7. The first-order chi connectivity index (χ1) is 7.76. The van der Waals surface area contributed by atoms with Crippen LogP contribution in [0, 0.1) is 5.92 Å². The highest BCUT2D eigenvalue weighted by atomic mass is 16.3. The molecule has 1 N–H and O–H groups in total. The third-order valence-electron chi connectivity index (χ3n) is 4.08. The van der Waals surface area contributed by atoms with Crippen molar-refractivity contribution in [3.8, 4) is 0 Å². The minimum Gasteiger partial charge on any atom is -0.393 e. The highest BCUT2D eigenvalue weighted by Gasteiger charge is 2.29. The average molecular weight is 218 g/mol. The van der Waals surface area contributed by atoms with E-state index in [4.69, 9.17) is 0 Å². The van der Waals surface area contributed by atoms with E-state index in [1.165, 1.54) is 11.1 Å². The summed E-state index contributed by atoms with van der Waals surface area (Å²) in [5.74, 6) is 1.08. The summed E-state index contributed by atoms with van der Waals surface area (Å²) in [6, 6.07) is 8.62. The molecule has 2 unspecified atom stereocenters. The van der Waals surface area contributed by atoms with Crippen LogP contribution in [0.25, 0.3) is 0 Å². The Hall–Kier alpha value is -0.820. The van der Waals surface area contributed by atoms with Crippen LogP contribution in [-0.2, 0) is 6.42 Å². The van der Waals surface area contributed by atoms with Crippen molar-refractivity contribution in [1.29, 1.82) is 0 Å². The third-order valence-corrected chi connectivity index (χ3v) is 4.08. The van der Waals surface area contributed by atoms with Crippen molar-refractivity contribution in [3.05, 3.63) is 35.4 Å². The maximum atomic E-state index is 10.2. The van der Waals surface area contributed by atoms with Gasteiger partial charge < -0.3 is 5.11 Å². The fourth-order valence-corrected chi connectivity index (χ4v) is 2.89. The smallest absolute Gasteiger partial charge is 0.0574 e. The summed E-state index contributed by atoms with van der Waals surface area (Å²) in [4.78, 5) is 0. The van der Waals surface area contributed by atoms with Gasteiger partial charge in [0, 0.05) is 0 Å². The molecule has 16 heavy (non-hydrogen) atoms. The van der Waals surface area contributed by atoms with Crippen LogP contribution in [0.5, 0.6) is 0 Å². The molecular weight excluding hydrogens is 196 g/mol. The van der Waals surface area contributed by atoms with E-state index in [-0.39, 0.29) is 6.10 Å². The molecule has 2 atom stereocenters. The van der Waals surface area contributed by atoms with Gasteiger partial charge in [-0.25, -0.2) is 0 Å². The maximum absolute atomic E-state index is 10.2. The van der Waals surface area contributed by atoms with Gasteiger partial charge in [0.1, 0.15) is 0 Å². The number of hydrogen-bond donors (Lipinski definition) is 1. The zero-order valence-electron chi connectivity index (χ0n) is 10.3. The van der Waals surface area contributed by atoms with Gasteiger partial charge in [0.25, 0.3) is 0 Å². The van der Waals surface area contributed by atoms with Gasteiger partial charge in [-0.05, 0) is 35.8 Å². The third kappa shape index (κ3) is 2.15. The van der Waals surface area contributed by atoms with Gasteiger partial charge in [0.2, 0.25) is 0 Å². The molecule has 1 aromatic rings. The summed E-state index contributed by atoms with van der Waals surface area (Å²) in [6.45, 7) is 4.35. The second-order valence-electron chi connectivity index (χ2n) is 4.98. The Bertz CT molecular complexity index is 341. The molecule has 0 aliphatic heterocycles. The largest absolute Gasteiger partial charge is 0.393 e. The van der Waals surface area contributed by atoms with E-state index >= 15 is 0 Å². The van der Waals surface area contributed by atoms with Crippen molar-refractivity contribution < 1.29 is 5.11 Å². The lowest BCUT2D eigenvalue weighted by Gasteiger charge is -2.33. The van der Waals surface area contributed by atoms with Crippen molar-refractivity contribution in [2.75, 3.05) is 0 Å². The molecule has 1 nitrogen and oxygen atoms in total. The Morgan fingerprint density at radius 1 is 1.25 bits per heavy atom. The van der Waals surface area contributed by atoms with E-state index in [2.05, 4.69) is 38.1 Å². The summed E-state index contributed by atoms with van der Waals surface area (Å²) in [7, 11) is 0. The lowest BCUT2D eigenvalue weighted by atomic mass is 9.73. The summed E-state index contributed by atoms with van der Waals surface area (Å²) in [5.41, 5.74) is 2.94. The molecule has 0 heterocycles. The van der Waals surface area contributed by atoms with Gasteiger partial charge >= 0.3 is 0 Å². The molecule has 0 saturated carbocycles. The van der Waals surface area contributed by atoms with E-state index in [1.54, 1.807) is 0 Å². The number of aliphatic hydroxyl groups is 1. The Kier molecular flexibility index (Phi) is 3.65. The molecule has 0 amide bonds. The summed E-state index contributed by atoms with van der Waals surface area (Å²) < 4.78 is 0. The zero-order chi connectivity index (χ0) is 11.5. The highest BCUT2D eigenvalue weighted by Crippen LogP contribution is 2.39. The molecule has 1 aliphatic rings. The van der Waals surface area contributed by atoms with Crippen LogP contribution in [0.1, 0.15) is 50.2 Å². The lowest BCUT2D eigenvalue weighted by Crippen LogP contribution is -2.27. The van der Waals surface area contributed by atoms with Crippen LogP contribution >= 0.6 is 0 Å². The molecule has 0 bridgehead atoms. The first-order valence-corrected chi connectivity index (χ1v) is 6.52. The first-order valence-electron chi connectivity index (χ1n) is 6.52. The van der Waals surface area contributed by atoms with Gasteiger partial charge in [-0.1, -0.05) is 51.0 Å². The number of aliphatic hydroxyl groups excluding tert-OH is 1. The van der Waals surface area contributed by atoms with Gasteiger partial charge in [-0.3, -0.25) is 0 Å². The number of benzene rings is 1. The van der Waals surface area contributed by atoms with Gasteiger partial charge in [-0.2, -0.15) is 0 Å². The fourth-order valence-electron chi connectivity index (χ4n) is 2.89. The van der Waals surface area contributed by atoms with E-state index < -0.39 is 0 Å². The Labute approximate surface area is 98.5 Å². The summed E-state index contributed by atoms with van der Waals surface area (Å²) in [5, 5.41) is 10.2. The minimum atomic E-state index is -0.117. The van der Waals surface area contributed by atoms with Crippen LogP contribution in [0.2, 0.25) is 0 Å². The molecule has 2 rings (SSSR count). The van der Waals surface area contributed by atoms with Crippen LogP contribution in [-0.4, -0.2) is 11.2 Å². The zero-order valence-corrected chi connectivity index (χ0v) is 10.3. The molecule has 0 aromatic heterocycles. The number of fused-ring (bicyclic) bond motifs is 1. The van der Waals surface area contributed by atoms with E-state index in [9.17, 15) is 5.11 Å². The van der Waals surface area contributed by atoms with Crippen molar-refractivity contribution >= 4 is 0 Å². The molecule has 1 aliphatic carbocycles. The van der Waals surface area contributed by atoms with Gasteiger partial charge in [0.05, 0.1) is 6.10 Å². The van der Waals surface area contributed by atoms with E-state index in [0.29, 0.717) is 11.8 Å². The predicted molar refractivity (Wildman–Crippen MR) is 67.6 cm³/mol. The number of rotatable bonds is 5. The monoisotopic (exact) mass is 218 g/mol. The standard InChI is InChI=1S/C15H22O/c1-3-11(4-2)15(16)10-13-9-12-7-5-6-8-14(12)13/h5-8,11,13,15-16H,3-4,9-10H2,1-2H3. The molecule has 1 aromatic carbocycles. The molecule has 1 heteroatoms. The van der Waals surface area contributed by atoms with Crippen molar-refractivity contribution in [2.45, 2.75) is 51.6 Å². The number of hydrogen-bond acceptors (Lipinski definition) is 1. The minimum absolute atomic E-state index is 0.117. The van der Waals surface area contributed by atoms with Crippen LogP contribution in [0.15, 0.2) is 24.3 Å². The van der Waals surface area contributed by atoms with E-state index in [0.717, 1.165) is 25.7 Å².